The molecule has 0 fully saturated rings. The van der Waals surface area contributed by atoms with Gasteiger partial charge >= 0.3 is 18.1 Å². The van der Waals surface area contributed by atoms with Crippen LogP contribution in [0, 0.1) is 6.92 Å². The molecule has 0 saturated heterocycles. The van der Waals surface area contributed by atoms with Crippen molar-refractivity contribution in [3.8, 4) is 11.1 Å². The molecular weight excluding hydrogens is 355 g/mol. The smallest absolute Gasteiger partial charge is 0.459 e. The minimum atomic E-state index is -5.05. The fraction of sp³-hybridized carbons (Fsp3) is 0.294. The van der Waals surface area contributed by atoms with Crippen molar-refractivity contribution in [2.75, 3.05) is 5.32 Å². The molecule has 0 aliphatic heterocycles. The van der Waals surface area contributed by atoms with Gasteiger partial charge in [-0.3, -0.25) is 4.79 Å². The third kappa shape index (κ3) is 4.60. The van der Waals surface area contributed by atoms with Crippen LogP contribution in [0.4, 0.5) is 18.2 Å². The summed E-state index contributed by atoms with van der Waals surface area (Å²) in [5.74, 6) is -2.92. The molecule has 1 amide bonds. The minimum absolute atomic E-state index is 0.0832. The fourth-order valence-electron chi connectivity index (χ4n) is 2.05. The van der Waals surface area contributed by atoms with Crippen molar-refractivity contribution >= 4 is 28.2 Å². The van der Waals surface area contributed by atoms with Gasteiger partial charge < -0.3 is 10.1 Å². The summed E-state index contributed by atoms with van der Waals surface area (Å²) in [6.07, 6.45) is -5.50. The summed E-state index contributed by atoms with van der Waals surface area (Å²) < 4.78 is 42.7. The van der Waals surface area contributed by atoms with Crippen molar-refractivity contribution in [1.29, 1.82) is 0 Å². The van der Waals surface area contributed by atoms with Gasteiger partial charge in [0.15, 0.2) is 0 Å². The number of ether oxygens (including phenoxy) is 1. The molecule has 0 aliphatic rings. The van der Waals surface area contributed by atoms with Gasteiger partial charge in [0.25, 0.3) is 0 Å². The minimum Gasteiger partial charge on any atom is -0.459 e. The van der Waals surface area contributed by atoms with Crippen LogP contribution in [-0.4, -0.2) is 24.2 Å². The topological polar surface area (TPSA) is 55.4 Å². The van der Waals surface area contributed by atoms with Gasteiger partial charge in [-0.15, -0.1) is 11.3 Å². The molecular formula is C17H16F3NO3S. The number of esters is 1. The zero-order chi connectivity index (χ0) is 18.8. The Morgan fingerprint density at radius 2 is 1.76 bits per heavy atom. The summed E-state index contributed by atoms with van der Waals surface area (Å²) in [6.45, 7) is 5.15. The predicted octanol–water partition coefficient (Wildman–Crippen LogP) is 4.79. The van der Waals surface area contributed by atoms with Gasteiger partial charge in [-0.05, 0) is 26.3 Å². The first-order valence-corrected chi connectivity index (χ1v) is 8.25. The molecule has 8 heteroatoms. The number of carbonyl (C=O) groups is 2. The largest absolute Gasteiger partial charge is 0.471 e. The van der Waals surface area contributed by atoms with E-state index in [-0.39, 0.29) is 10.6 Å². The Labute approximate surface area is 146 Å². The molecule has 1 aromatic heterocycles. The van der Waals surface area contributed by atoms with Crippen LogP contribution in [0.2, 0.25) is 0 Å². The lowest BCUT2D eigenvalue weighted by molar-refractivity contribution is -0.167. The zero-order valence-electron chi connectivity index (χ0n) is 13.7. The number of hydrogen-bond donors (Lipinski definition) is 1. The van der Waals surface area contributed by atoms with Crippen molar-refractivity contribution in [2.24, 2.45) is 0 Å². The van der Waals surface area contributed by atoms with Gasteiger partial charge in [-0.2, -0.15) is 13.2 Å². The van der Waals surface area contributed by atoms with Gasteiger partial charge in [-0.25, -0.2) is 4.79 Å². The number of carbonyl (C=O) groups excluding carboxylic acids is 2. The Balaban J connectivity index is 2.48. The molecule has 0 bridgehead atoms. The third-order valence-corrected chi connectivity index (χ3v) is 4.08. The molecule has 134 valence electrons. The van der Waals surface area contributed by atoms with Gasteiger partial charge in [0.1, 0.15) is 10.6 Å². The summed E-state index contributed by atoms with van der Waals surface area (Å²) in [5.41, 5.74) is 1.97. The Bertz CT molecular complexity index is 779. The van der Waals surface area contributed by atoms with E-state index in [1.165, 1.54) is 5.38 Å². The van der Waals surface area contributed by atoms with E-state index in [1.54, 1.807) is 31.3 Å². The van der Waals surface area contributed by atoms with E-state index < -0.39 is 24.2 Å². The van der Waals surface area contributed by atoms with Crippen LogP contribution in [0.1, 0.15) is 29.8 Å². The molecule has 0 saturated carbocycles. The van der Waals surface area contributed by atoms with Crippen LogP contribution < -0.4 is 5.32 Å². The highest BCUT2D eigenvalue weighted by atomic mass is 32.1. The molecule has 0 radical (unpaired) electrons. The lowest BCUT2D eigenvalue weighted by atomic mass is 10.0. The van der Waals surface area contributed by atoms with E-state index in [1.807, 2.05) is 19.1 Å². The van der Waals surface area contributed by atoms with Crippen LogP contribution in [0.5, 0.6) is 0 Å². The summed E-state index contributed by atoms with van der Waals surface area (Å²) in [5, 5.41) is 3.09. The van der Waals surface area contributed by atoms with Crippen LogP contribution in [0.15, 0.2) is 29.6 Å². The van der Waals surface area contributed by atoms with E-state index in [4.69, 9.17) is 4.74 Å². The molecule has 2 aromatic rings. The average Bonchev–Trinajstić information content (AvgIpc) is 2.90. The number of halogens is 3. The summed E-state index contributed by atoms with van der Waals surface area (Å²) >= 11 is 0.842. The van der Waals surface area contributed by atoms with Gasteiger partial charge in [0.2, 0.25) is 0 Å². The predicted molar refractivity (Wildman–Crippen MR) is 89.7 cm³/mol. The Morgan fingerprint density at radius 1 is 1.16 bits per heavy atom. The van der Waals surface area contributed by atoms with Gasteiger partial charge in [0, 0.05) is 10.9 Å². The van der Waals surface area contributed by atoms with Crippen LogP contribution in [-0.2, 0) is 9.53 Å². The number of thiophene rings is 1. The van der Waals surface area contributed by atoms with Crippen LogP contribution in [0.3, 0.4) is 0 Å². The number of nitrogens with one attached hydrogen (secondary N) is 1. The maximum atomic E-state index is 12.5. The molecule has 25 heavy (non-hydrogen) atoms. The first kappa shape index (κ1) is 19.0. The van der Waals surface area contributed by atoms with E-state index in [0.29, 0.717) is 11.1 Å². The molecule has 1 heterocycles. The quantitative estimate of drug-likeness (QED) is 0.786. The number of alkyl halides is 3. The molecule has 4 nitrogen and oxygen atoms in total. The summed E-state index contributed by atoms with van der Waals surface area (Å²) in [4.78, 5) is 23.6. The van der Waals surface area contributed by atoms with Crippen molar-refractivity contribution in [3.05, 3.63) is 40.8 Å². The summed E-state index contributed by atoms with van der Waals surface area (Å²) in [7, 11) is 0. The highest BCUT2D eigenvalue weighted by Crippen LogP contribution is 2.37. The van der Waals surface area contributed by atoms with Crippen molar-refractivity contribution in [1.82, 2.24) is 0 Å². The lowest BCUT2D eigenvalue weighted by Crippen LogP contribution is -2.30. The SMILES string of the molecule is Cc1ccc(-c2csc(NC(=O)C(F)(F)F)c2C(=O)OC(C)C)cc1. The van der Waals surface area contributed by atoms with E-state index in [0.717, 1.165) is 16.9 Å². The maximum absolute atomic E-state index is 12.5. The molecule has 0 atom stereocenters. The number of amides is 1. The second kappa shape index (κ2) is 7.26. The van der Waals surface area contributed by atoms with Crippen molar-refractivity contribution in [2.45, 2.75) is 33.1 Å². The third-order valence-electron chi connectivity index (χ3n) is 3.18. The molecule has 1 N–H and O–H groups in total. The second-order valence-electron chi connectivity index (χ2n) is 5.63. The molecule has 0 aliphatic carbocycles. The van der Waals surface area contributed by atoms with Crippen molar-refractivity contribution < 1.29 is 27.5 Å². The molecule has 1 aromatic carbocycles. The molecule has 0 unspecified atom stereocenters. The fourth-order valence-corrected chi connectivity index (χ4v) is 3.00. The number of benzene rings is 1. The van der Waals surface area contributed by atoms with Crippen molar-refractivity contribution in [3.63, 3.8) is 0 Å². The Hall–Kier alpha value is -2.35. The molecule has 2 rings (SSSR count). The zero-order valence-corrected chi connectivity index (χ0v) is 14.5. The standard InChI is InChI=1S/C17H16F3NO3S/c1-9(2)24-15(22)13-12(11-6-4-10(3)5-7-11)8-25-14(13)21-16(23)17(18,19)20/h4-9H,1-3H3,(H,21,23). The van der Waals surface area contributed by atoms with Crippen LogP contribution >= 0.6 is 11.3 Å². The highest BCUT2D eigenvalue weighted by molar-refractivity contribution is 7.15. The van der Waals surface area contributed by atoms with Crippen LogP contribution in [0.25, 0.3) is 11.1 Å². The maximum Gasteiger partial charge on any atom is 0.471 e. The van der Waals surface area contributed by atoms with Gasteiger partial charge in [0.05, 0.1) is 6.10 Å². The Morgan fingerprint density at radius 3 is 2.28 bits per heavy atom. The first-order valence-electron chi connectivity index (χ1n) is 7.37. The highest BCUT2D eigenvalue weighted by Gasteiger charge is 2.40. The number of anilines is 1. The number of rotatable bonds is 4. The van der Waals surface area contributed by atoms with E-state index in [9.17, 15) is 22.8 Å². The van der Waals surface area contributed by atoms with E-state index in [2.05, 4.69) is 0 Å². The van der Waals surface area contributed by atoms with Gasteiger partial charge in [-0.1, -0.05) is 29.8 Å². The number of aryl methyl sites for hydroxylation is 1. The number of hydrogen-bond acceptors (Lipinski definition) is 4. The normalized spacial score (nSPS) is 11.5. The lowest BCUT2D eigenvalue weighted by Gasteiger charge is -2.12. The Kier molecular flexibility index (Phi) is 5.52. The monoisotopic (exact) mass is 371 g/mol. The first-order chi connectivity index (χ1) is 11.6. The second-order valence-corrected chi connectivity index (χ2v) is 6.51. The molecule has 0 spiro atoms. The average molecular weight is 371 g/mol. The van der Waals surface area contributed by atoms with E-state index >= 15 is 0 Å². The summed E-state index contributed by atoms with van der Waals surface area (Å²) in [6, 6.07) is 7.13.